The first kappa shape index (κ1) is 24.1. The lowest BCUT2D eigenvalue weighted by Gasteiger charge is -2.16. The van der Waals surface area contributed by atoms with Crippen molar-refractivity contribution >= 4 is 0 Å². The molecule has 0 aliphatic rings. The van der Waals surface area contributed by atoms with Crippen LogP contribution in [0.3, 0.4) is 0 Å². The maximum Gasteiger partial charge on any atom is 0.257 e. The maximum atomic E-state index is 13.6. The van der Waals surface area contributed by atoms with Gasteiger partial charge in [-0.2, -0.15) is 5.26 Å². The molecule has 0 aliphatic heterocycles. The van der Waals surface area contributed by atoms with Crippen LogP contribution < -0.4 is 5.56 Å². The Balaban J connectivity index is 1.68. The number of rotatable bonds is 8. The monoisotopic (exact) mass is 465 g/mol. The van der Waals surface area contributed by atoms with E-state index in [0.29, 0.717) is 29.9 Å². The van der Waals surface area contributed by atoms with Crippen LogP contribution in [0, 0.1) is 24.1 Å². The minimum atomic E-state index is -0.299. The van der Waals surface area contributed by atoms with Gasteiger partial charge in [-0.25, -0.2) is 9.37 Å². The molecule has 0 fully saturated rings. The van der Waals surface area contributed by atoms with Gasteiger partial charge in [-0.05, 0) is 60.2 Å². The average Bonchev–Trinajstić information content (AvgIpc) is 2.88. The lowest BCUT2D eigenvalue weighted by Crippen LogP contribution is -2.30. The molecule has 4 aromatic rings. The topological polar surface area (TPSA) is 58.7 Å². The summed E-state index contributed by atoms with van der Waals surface area (Å²) in [5.41, 5.74) is 5.86. The number of nitriles is 1. The highest BCUT2D eigenvalue weighted by Crippen LogP contribution is 2.24. The lowest BCUT2D eigenvalue weighted by molar-refractivity contribution is 0.624. The van der Waals surface area contributed by atoms with E-state index >= 15 is 0 Å². The normalized spacial score (nSPS) is 10.8. The van der Waals surface area contributed by atoms with Crippen molar-refractivity contribution in [3.8, 4) is 17.2 Å². The highest BCUT2D eigenvalue weighted by atomic mass is 19.1. The van der Waals surface area contributed by atoms with E-state index in [4.69, 9.17) is 4.98 Å². The smallest absolute Gasteiger partial charge is 0.257 e. The summed E-state index contributed by atoms with van der Waals surface area (Å²) in [5, 5.41) is 9.42. The summed E-state index contributed by atoms with van der Waals surface area (Å²) in [6.07, 6.45) is 3.22. The maximum absolute atomic E-state index is 13.6. The molecule has 0 saturated heterocycles. The van der Waals surface area contributed by atoms with E-state index in [1.807, 2.05) is 55.5 Å². The van der Waals surface area contributed by atoms with Gasteiger partial charge in [0.05, 0.1) is 23.9 Å². The number of aryl methyl sites for hydroxylation is 2. The molecule has 0 saturated carbocycles. The van der Waals surface area contributed by atoms with Gasteiger partial charge in [0.15, 0.2) is 0 Å². The second kappa shape index (κ2) is 10.9. The number of hydrogen-bond acceptors (Lipinski definition) is 3. The van der Waals surface area contributed by atoms with E-state index in [2.05, 4.69) is 13.0 Å². The summed E-state index contributed by atoms with van der Waals surface area (Å²) < 4.78 is 15.0. The Morgan fingerprint density at radius 2 is 1.66 bits per heavy atom. The van der Waals surface area contributed by atoms with E-state index in [9.17, 15) is 14.4 Å². The lowest BCUT2D eigenvalue weighted by atomic mass is 9.97. The molecule has 0 atom stereocenters. The SMILES string of the molecule is CCCCc1nc(C)n(Cc2ccc(F)cc2)c(=O)c1Cc1ccc(-c2ccccc2C#N)cc1. The van der Waals surface area contributed by atoms with Gasteiger partial charge in [0.1, 0.15) is 11.6 Å². The Hall–Kier alpha value is -4.04. The molecule has 3 aromatic carbocycles. The molecule has 1 heterocycles. The number of unbranched alkanes of at least 4 members (excludes halogenated alkanes) is 1. The molecular formula is C30H28FN3O. The molecule has 1 aromatic heterocycles. The molecule has 0 amide bonds. The number of nitrogens with zero attached hydrogens (tertiary/aromatic N) is 3. The summed E-state index contributed by atoms with van der Waals surface area (Å²) in [7, 11) is 0. The van der Waals surface area contributed by atoms with E-state index in [1.165, 1.54) is 12.1 Å². The van der Waals surface area contributed by atoms with Gasteiger partial charge in [0.2, 0.25) is 0 Å². The molecule has 4 rings (SSSR count). The van der Waals surface area contributed by atoms with Crippen molar-refractivity contribution in [3.63, 3.8) is 0 Å². The molecule has 0 bridgehead atoms. The van der Waals surface area contributed by atoms with Crippen LogP contribution >= 0.6 is 0 Å². The van der Waals surface area contributed by atoms with Gasteiger partial charge >= 0.3 is 0 Å². The molecule has 0 aliphatic carbocycles. The predicted molar refractivity (Wildman–Crippen MR) is 137 cm³/mol. The van der Waals surface area contributed by atoms with Crippen LogP contribution in [0.2, 0.25) is 0 Å². The first-order chi connectivity index (χ1) is 17.0. The van der Waals surface area contributed by atoms with Gasteiger partial charge in [-0.1, -0.05) is 67.9 Å². The first-order valence-electron chi connectivity index (χ1n) is 11.9. The summed E-state index contributed by atoms with van der Waals surface area (Å²) >= 11 is 0. The fourth-order valence-electron chi connectivity index (χ4n) is 4.28. The van der Waals surface area contributed by atoms with Crippen LogP contribution in [0.4, 0.5) is 4.39 Å². The third-order valence-electron chi connectivity index (χ3n) is 6.25. The van der Waals surface area contributed by atoms with Gasteiger partial charge in [0.25, 0.3) is 5.56 Å². The largest absolute Gasteiger partial charge is 0.292 e. The van der Waals surface area contributed by atoms with Crippen LogP contribution in [-0.2, 0) is 19.4 Å². The summed E-state index contributed by atoms with van der Waals surface area (Å²) in [4.78, 5) is 18.5. The molecule has 0 N–H and O–H groups in total. The van der Waals surface area contributed by atoms with Gasteiger partial charge < -0.3 is 0 Å². The van der Waals surface area contributed by atoms with Crippen molar-refractivity contribution < 1.29 is 4.39 Å². The Morgan fingerprint density at radius 3 is 2.34 bits per heavy atom. The van der Waals surface area contributed by atoms with Crippen molar-refractivity contribution in [2.45, 2.75) is 46.1 Å². The average molecular weight is 466 g/mol. The highest BCUT2D eigenvalue weighted by Gasteiger charge is 2.16. The minimum Gasteiger partial charge on any atom is -0.292 e. The zero-order chi connectivity index (χ0) is 24.8. The fraction of sp³-hybridized carbons (Fsp3) is 0.233. The van der Waals surface area contributed by atoms with Crippen LogP contribution in [0.25, 0.3) is 11.1 Å². The quantitative estimate of drug-likeness (QED) is 0.311. The number of benzene rings is 3. The molecule has 0 radical (unpaired) electrons. The predicted octanol–water partition coefficient (Wildman–Crippen LogP) is 6.21. The van der Waals surface area contributed by atoms with Gasteiger partial charge in [-0.15, -0.1) is 0 Å². The minimum absolute atomic E-state index is 0.0492. The van der Waals surface area contributed by atoms with E-state index in [0.717, 1.165) is 47.2 Å². The van der Waals surface area contributed by atoms with Crippen molar-refractivity contribution in [1.82, 2.24) is 9.55 Å². The van der Waals surface area contributed by atoms with E-state index in [1.54, 1.807) is 16.7 Å². The Bertz CT molecular complexity index is 1410. The van der Waals surface area contributed by atoms with E-state index < -0.39 is 0 Å². The zero-order valence-corrected chi connectivity index (χ0v) is 20.1. The molecule has 0 spiro atoms. The van der Waals surface area contributed by atoms with Crippen molar-refractivity contribution in [2.24, 2.45) is 0 Å². The third kappa shape index (κ3) is 5.55. The Labute approximate surface area is 205 Å². The van der Waals surface area contributed by atoms with Gasteiger partial charge in [0, 0.05) is 12.0 Å². The third-order valence-corrected chi connectivity index (χ3v) is 6.25. The number of hydrogen-bond donors (Lipinski definition) is 0. The fourth-order valence-corrected chi connectivity index (χ4v) is 4.28. The molecule has 176 valence electrons. The van der Waals surface area contributed by atoms with Crippen LogP contribution in [0.5, 0.6) is 0 Å². The Kier molecular flexibility index (Phi) is 7.52. The number of halogens is 1. The van der Waals surface area contributed by atoms with Crippen LogP contribution in [-0.4, -0.2) is 9.55 Å². The Morgan fingerprint density at radius 1 is 0.971 bits per heavy atom. The van der Waals surface area contributed by atoms with Crippen molar-refractivity contribution in [2.75, 3.05) is 0 Å². The van der Waals surface area contributed by atoms with Crippen LogP contribution in [0.15, 0.2) is 77.6 Å². The highest BCUT2D eigenvalue weighted by molar-refractivity contribution is 5.70. The van der Waals surface area contributed by atoms with Crippen LogP contribution in [0.1, 0.15) is 53.5 Å². The molecular weight excluding hydrogens is 437 g/mol. The summed E-state index contributed by atoms with van der Waals surface area (Å²) in [6.45, 7) is 4.33. The first-order valence-corrected chi connectivity index (χ1v) is 11.9. The number of aromatic nitrogens is 2. The molecule has 35 heavy (non-hydrogen) atoms. The molecule has 0 unspecified atom stereocenters. The summed E-state index contributed by atoms with van der Waals surface area (Å²) in [6, 6.07) is 24.0. The van der Waals surface area contributed by atoms with E-state index in [-0.39, 0.29) is 11.4 Å². The second-order valence-corrected chi connectivity index (χ2v) is 8.74. The van der Waals surface area contributed by atoms with Crippen molar-refractivity contribution in [1.29, 1.82) is 5.26 Å². The summed E-state index contributed by atoms with van der Waals surface area (Å²) in [5.74, 6) is 0.366. The molecule has 4 nitrogen and oxygen atoms in total. The second-order valence-electron chi connectivity index (χ2n) is 8.74. The zero-order valence-electron chi connectivity index (χ0n) is 20.1. The van der Waals surface area contributed by atoms with Gasteiger partial charge in [-0.3, -0.25) is 9.36 Å². The van der Waals surface area contributed by atoms with Crippen molar-refractivity contribution in [3.05, 3.63) is 123 Å². The molecule has 5 heteroatoms. The standard InChI is InChI=1S/C30H28FN3O/c1-3-4-9-29-28(30(35)34(21(2)33-29)20-23-12-16-26(31)17-13-23)18-22-10-14-24(15-11-22)27-8-6-5-7-25(27)19-32/h5-8,10-17H,3-4,9,18,20H2,1-2H3.